The van der Waals surface area contributed by atoms with Crippen molar-refractivity contribution >= 4 is 0 Å². The summed E-state index contributed by atoms with van der Waals surface area (Å²) in [4.78, 5) is 0. The van der Waals surface area contributed by atoms with Crippen molar-refractivity contribution in [3.05, 3.63) is 35.9 Å². The molecule has 0 saturated heterocycles. The van der Waals surface area contributed by atoms with Crippen LogP contribution in [0.3, 0.4) is 0 Å². The third kappa shape index (κ3) is 2.83. The van der Waals surface area contributed by atoms with Gasteiger partial charge in [-0.25, -0.2) is 0 Å². The molecule has 1 aromatic carbocycles. The van der Waals surface area contributed by atoms with Crippen molar-refractivity contribution in [2.45, 2.75) is 25.4 Å². The molecule has 0 saturated carbocycles. The molecule has 2 heteroatoms. The van der Waals surface area contributed by atoms with E-state index in [0.29, 0.717) is 6.42 Å². The Balaban J connectivity index is 2.62. The smallest absolute Gasteiger partial charge is 0.0627 e. The summed E-state index contributed by atoms with van der Waals surface area (Å²) in [6.07, 6.45) is -0.0109. The quantitative estimate of drug-likeness (QED) is 0.737. The minimum absolute atomic E-state index is 0.0400. The molecule has 2 N–H and O–H groups in total. The topological polar surface area (TPSA) is 40.5 Å². The normalized spacial score (nSPS) is 15.3. The molecule has 2 atom stereocenters. The molecule has 1 aromatic rings. The zero-order chi connectivity index (χ0) is 9.68. The van der Waals surface area contributed by atoms with Gasteiger partial charge in [0.25, 0.3) is 0 Å². The van der Waals surface area contributed by atoms with Gasteiger partial charge in [-0.15, -0.1) is 0 Å². The Bertz CT molecular complexity index is 233. The van der Waals surface area contributed by atoms with Crippen LogP contribution < -0.4 is 0 Å². The van der Waals surface area contributed by atoms with Gasteiger partial charge in [0.15, 0.2) is 0 Å². The highest BCUT2D eigenvalue weighted by Gasteiger charge is 2.14. The lowest BCUT2D eigenvalue weighted by molar-refractivity contribution is 0.113. The Morgan fingerprint density at radius 1 is 1.23 bits per heavy atom. The molecule has 0 radical (unpaired) electrons. The van der Waals surface area contributed by atoms with Crippen LogP contribution in [-0.4, -0.2) is 22.9 Å². The van der Waals surface area contributed by atoms with Gasteiger partial charge < -0.3 is 10.2 Å². The maximum Gasteiger partial charge on any atom is 0.0627 e. The minimum Gasteiger partial charge on any atom is -0.396 e. The van der Waals surface area contributed by atoms with Gasteiger partial charge in [0, 0.05) is 12.5 Å². The van der Waals surface area contributed by atoms with E-state index in [1.54, 1.807) is 0 Å². The lowest BCUT2D eigenvalue weighted by Crippen LogP contribution is -2.17. The number of hydrogen-bond acceptors (Lipinski definition) is 2. The predicted molar refractivity (Wildman–Crippen MR) is 52.6 cm³/mol. The summed E-state index contributed by atoms with van der Waals surface area (Å²) in [5.41, 5.74) is 1.11. The Morgan fingerprint density at radius 3 is 2.38 bits per heavy atom. The van der Waals surface area contributed by atoms with Crippen LogP contribution in [0.15, 0.2) is 30.3 Å². The Morgan fingerprint density at radius 2 is 1.85 bits per heavy atom. The molecule has 0 aliphatic heterocycles. The second-order valence-corrected chi connectivity index (χ2v) is 3.28. The van der Waals surface area contributed by atoms with Crippen LogP contribution in [-0.2, 0) is 0 Å². The number of aliphatic hydroxyl groups is 2. The number of aliphatic hydroxyl groups excluding tert-OH is 2. The largest absolute Gasteiger partial charge is 0.396 e. The van der Waals surface area contributed by atoms with Crippen LogP contribution in [0.25, 0.3) is 0 Å². The average Bonchev–Trinajstić information content (AvgIpc) is 2.18. The highest BCUT2D eigenvalue weighted by atomic mass is 16.3. The van der Waals surface area contributed by atoms with E-state index in [1.807, 2.05) is 37.3 Å². The molecule has 0 aliphatic carbocycles. The van der Waals surface area contributed by atoms with Crippen molar-refractivity contribution in [3.63, 3.8) is 0 Å². The Hall–Kier alpha value is -0.860. The molecule has 0 aromatic heterocycles. The van der Waals surface area contributed by atoms with Crippen molar-refractivity contribution < 1.29 is 10.2 Å². The SMILES string of the molecule is CC(c1ccccc1)C(O)CCO. The van der Waals surface area contributed by atoms with Crippen LogP contribution in [0.2, 0.25) is 0 Å². The molecule has 72 valence electrons. The first kappa shape index (κ1) is 10.2. The zero-order valence-corrected chi connectivity index (χ0v) is 7.85. The van der Waals surface area contributed by atoms with Crippen LogP contribution in [0.5, 0.6) is 0 Å². The van der Waals surface area contributed by atoms with Crippen molar-refractivity contribution in [3.8, 4) is 0 Å². The minimum atomic E-state index is -0.451. The summed E-state index contributed by atoms with van der Waals surface area (Å²) in [5.74, 6) is 0.0911. The molecule has 0 aliphatic rings. The summed E-state index contributed by atoms with van der Waals surface area (Å²) in [5, 5.41) is 18.3. The molecule has 13 heavy (non-hydrogen) atoms. The molecular weight excluding hydrogens is 164 g/mol. The second-order valence-electron chi connectivity index (χ2n) is 3.28. The molecule has 2 unspecified atom stereocenters. The fourth-order valence-electron chi connectivity index (χ4n) is 1.36. The number of rotatable bonds is 4. The van der Waals surface area contributed by atoms with E-state index in [0.717, 1.165) is 5.56 Å². The van der Waals surface area contributed by atoms with E-state index < -0.39 is 6.10 Å². The van der Waals surface area contributed by atoms with Gasteiger partial charge >= 0.3 is 0 Å². The summed E-state index contributed by atoms with van der Waals surface area (Å²) in [6.45, 7) is 2.01. The highest BCUT2D eigenvalue weighted by Crippen LogP contribution is 2.20. The van der Waals surface area contributed by atoms with Crippen molar-refractivity contribution in [1.82, 2.24) is 0 Å². The van der Waals surface area contributed by atoms with Crippen LogP contribution in [0, 0.1) is 0 Å². The molecule has 0 amide bonds. The molecule has 0 bridgehead atoms. The lowest BCUT2D eigenvalue weighted by Gasteiger charge is -2.17. The number of hydrogen-bond donors (Lipinski definition) is 2. The van der Waals surface area contributed by atoms with Gasteiger partial charge in [-0.3, -0.25) is 0 Å². The van der Waals surface area contributed by atoms with E-state index in [4.69, 9.17) is 5.11 Å². The standard InChI is InChI=1S/C11H16O2/c1-9(11(13)7-8-12)10-5-3-2-4-6-10/h2-6,9,11-13H,7-8H2,1H3. The lowest BCUT2D eigenvalue weighted by atomic mass is 9.94. The first-order valence-electron chi connectivity index (χ1n) is 4.59. The third-order valence-corrected chi connectivity index (χ3v) is 2.33. The fourth-order valence-corrected chi connectivity index (χ4v) is 1.36. The van der Waals surface area contributed by atoms with E-state index in [-0.39, 0.29) is 12.5 Å². The predicted octanol–water partition coefficient (Wildman–Crippen LogP) is 1.53. The second kappa shape index (κ2) is 5.00. The van der Waals surface area contributed by atoms with Crippen LogP contribution >= 0.6 is 0 Å². The monoisotopic (exact) mass is 180 g/mol. The first-order valence-corrected chi connectivity index (χ1v) is 4.59. The third-order valence-electron chi connectivity index (χ3n) is 2.33. The van der Waals surface area contributed by atoms with Crippen molar-refractivity contribution in [2.75, 3.05) is 6.61 Å². The summed E-state index contributed by atoms with van der Waals surface area (Å²) in [6, 6.07) is 9.85. The zero-order valence-electron chi connectivity index (χ0n) is 7.85. The molecule has 0 fully saturated rings. The maximum atomic E-state index is 9.61. The first-order chi connectivity index (χ1) is 6.25. The van der Waals surface area contributed by atoms with E-state index in [9.17, 15) is 5.11 Å². The summed E-state index contributed by atoms with van der Waals surface area (Å²) in [7, 11) is 0. The van der Waals surface area contributed by atoms with Gasteiger partial charge in [0.1, 0.15) is 0 Å². The van der Waals surface area contributed by atoms with Gasteiger partial charge in [-0.05, 0) is 12.0 Å². The summed E-state index contributed by atoms with van der Waals surface area (Å²) < 4.78 is 0. The van der Waals surface area contributed by atoms with E-state index in [2.05, 4.69) is 0 Å². The molecule has 2 nitrogen and oxygen atoms in total. The van der Waals surface area contributed by atoms with Crippen molar-refractivity contribution in [1.29, 1.82) is 0 Å². The fraction of sp³-hybridized carbons (Fsp3) is 0.455. The summed E-state index contributed by atoms with van der Waals surface area (Å²) >= 11 is 0. The average molecular weight is 180 g/mol. The number of benzene rings is 1. The van der Waals surface area contributed by atoms with E-state index in [1.165, 1.54) is 0 Å². The van der Waals surface area contributed by atoms with E-state index >= 15 is 0 Å². The van der Waals surface area contributed by atoms with Crippen LogP contribution in [0.1, 0.15) is 24.8 Å². The van der Waals surface area contributed by atoms with Crippen molar-refractivity contribution in [2.24, 2.45) is 0 Å². The highest BCUT2D eigenvalue weighted by molar-refractivity contribution is 5.19. The molecule has 0 heterocycles. The maximum absolute atomic E-state index is 9.61. The van der Waals surface area contributed by atoms with Gasteiger partial charge in [-0.1, -0.05) is 37.3 Å². The Kier molecular flexibility index (Phi) is 3.93. The molecule has 1 rings (SSSR count). The Labute approximate surface area is 78.8 Å². The van der Waals surface area contributed by atoms with Crippen LogP contribution in [0.4, 0.5) is 0 Å². The van der Waals surface area contributed by atoms with Gasteiger partial charge in [-0.2, -0.15) is 0 Å². The van der Waals surface area contributed by atoms with Gasteiger partial charge in [0.05, 0.1) is 6.10 Å². The molecule has 0 spiro atoms. The molecular formula is C11H16O2. The van der Waals surface area contributed by atoms with Gasteiger partial charge in [0.2, 0.25) is 0 Å².